The van der Waals surface area contributed by atoms with E-state index in [1.807, 2.05) is 6.07 Å². The summed E-state index contributed by atoms with van der Waals surface area (Å²) in [5, 5.41) is 9.97. The Morgan fingerprint density at radius 3 is 2.60 bits per heavy atom. The number of hydrogen-bond donors (Lipinski definition) is 1. The van der Waals surface area contributed by atoms with Gasteiger partial charge >= 0.3 is 0 Å². The Balaban J connectivity index is 2.02. The van der Waals surface area contributed by atoms with E-state index in [2.05, 4.69) is 51.1 Å². The van der Waals surface area contributed by atoms with Crippen LogP contribution < -0.4 is 0 Å². The number of hydrogen-bond acceptors (Lipinski definition) is 2. The van der Waals surface area contributed by atoms with Crippen molar-refractivity contribution in [2.75, 3.05) is 13.2 Å². The molecular weight excluding hydrogens is 248 g/mol. The van der Waals surface area contributed by atoms with E-state index >= 15 is 0 Å². The van der Waals surface area contributed by atoms with Gasteiger partial charge in [0.15, 0.2) is 0 Å². The minimum atomic E-state index is -0.116. The van der Waals surface area contributed by atoms with E-state index in [4.69, 9.17) is 4.74 Å². The molecule has 1 saturated heterocycles. The number of aliphatic hydroxyl groups excluding tert-OH is 1. The molecule has 20 heavy (non-hydrogen) atoms. The highest BCUT2D eigenvalue weighted by atomic mass is 16.5. The minimum absolute atomic E-state index is 0.116. The fourth-order valence-electron chi connectivity index (χ4n) is 4.23. The highest BCUT2D eigenvalue weighted by Gasteiger charge is 2.53. The molecule has 0 spiro atoms. The Labute approximate surface area is 121 Å². The quantitative estimate of drug-likeness (QED) is 0.834. The van der Waals surface area contributed by atoms with E-state index < -0.39 is 0 Å². The standard InChI is InChI=1S/C18H24O2/c1-12-9-13(2)18(10-19)11-20-17(16(12)14(18)3)15-7-5-4-6-8-15/h4-9,13-14,16-17,19H,10-11H2,1-3H3/t13-,14+,16+,17-,18+/m0/s1. The van der Waals surface area contributed by atoms with Crippen LogP contribution in [0.3, 0.4) is 0 Å². The number of rotatable bonds is 2. The van der Waals surface area contributed by atoms with Gasteiger partial charge in [0.2, 0.25) is 0 Å². The molecule has 2 heteroatoms. The predicted molar refractivity (Wildman–Crippen MR) is 80.2 cm³/mol. The average molecular weight is 272 g/mol. The number of ether oxygens (including phenoxy) is 1. The molecule has 1 aliphatic heterocycles. The molecule has 2 nitrogen and oxygen atoms in total. The summed E-state index contributed by atoms with van der Waals surface area (Å²) in [6, 6.07) is 10.5. The lowest BCUT2D eigenvalue weighted by Gasteiger charge is -2.55. The van der Waals surface area contributed by atoms with Crippen molar-refractivity contribution in [2.45, 2.75) is 26.9 Å². The first kappa shape index (κ1) is 13.8. The second kappa shape index (κ2) is 5.01. The molecule has 0 saturated carbocycles. The largest absolute Gasteiger partial charge is 0.396 e. The molecule has 0 unspecified atom stereocenters. The van der Waals surface area contributed by atoms with Crippen LogP contribution in [0.25, 0.3) is 0 Å². The average Bonchev–Trinajstić information content (AvgIpc) is 2.46. The third kappa shape index (κ3) is 1.86. The van der Waals surface area contributed by atoms with E-state index in [0.717, 1.165) is 0 Å². The van der Waals surface area contributed by atoms with Crippen molar-refractivity contribution < 1.29 is 9.84 Å². The summed E-state index contributed by atoms with van der Waals surface area (Å²) >= 11 is 0. The second-order valence-corrected chi connectivity index (χ2v) is 6.55. The number of aliphatic hydroxyl groups is 1. The molecule has 1 heterocycles. The second-order valence-electron chi connectivity index (χ2n) is 6.55. The lowest BCUT2D eigenvalue weighted by atomic mass is 9.56. The predicted octanol–water partition coefficient (Wildman–Crippen LogP) is 3.58. The highest BCUT2D eigenvalue weighted by Crippen LogP contribution is 2.55. The molecule has 1 aromatic carbocycles. The van der Waals surface area contributed by atoms with Crippen molar-refractivity contribution in [3.63, 3.8) is 0 Å². The number of allylic oxidation sites excluding steroid dienone is 1. The van der Waals surface area contributed by atoms with Gasteiger partial charge in [-0.05, 0) is 24.3 Å². The van der Waals surface area contributed by atoms with Gasteiger partial charge in [-0.1, -0.05) is 55.8 Å². The van der Waals surface area contributed by atoms with Gasteiger partial charge in [-0.3, -0.25) is 0 Å². The molecule has 5 atom stereocenters. The van der Waals surface area contributed by atoms with E-state index in [-0.39, 0.29) is 18.1 Å². The van der Waals surface area contributed by atoms with Gasteiger partial charge in [0.1, 0.15) is 0 Å². The topological polar surface area (TPSA) is 29.5 Å². The lowest BCUT2D eigenvalue weighted by molar-refractivity contribution is -0.165. The van der Waals surface area contributed by atoms with Crippen molar-refractivity contribution in [3.05, 3.63) is 47.5 Å². The maximum atomic E-state index is 9.97. The Bertz CT molecular complexity index is 507. The summed E-state index contributed by atoms with van der Waals surface area (Å²) in [7, 11) is 0. The highest BCUT2D eigenvalue weighted by molar-refractivity contribution is 5.27. The van der Waals surface area contributed by atoms with Crippen molar-refractivity contribution in [3.8, 4) is 0 Å². The Morgan fingerprint density at radius 1 is 1.25 bits per heavy atom. The maximum absolute atomic E-state index is 9.97. The van der Waals surface area contributed by atoms with Crippen LogP contribution in [0.4, 0.5) is 0 Å². The monoisotopic (exact) mass is 272 g/mol. The molecule has 0 radical (unpaired) electrons. The number of benzene rings is 1. The van der Waals surface area contributed by atoms with Crippen LogP contribution in [-0.4, -0.2) is 18.3 Å². The first-order chi connectivity index (χ1) is 9.60. The van der Waals surface area contributed by atoms with Crippen molar-refractivity contribution in [2.24, 2.45) is 23.2 Å². The molecular formula is C18H24O2. The van der Waals surface area contributed by atoms with Crippen LogP contribution in [0.15, 0.2) is 42.0 Å². The first-order valence-electron chi connectivity index (χ1n) is 7.56. The molecule has 2 aliphatic rings. The normalized spacial score (nSPS) is 40.3. The van der Waals surface area contributed by atoms with Gasteiger partial charge in [-0.25, -0.2) is 0 Å². The Morgan fingerprint density at radius 2 is 1.95 bits per heavy atom. The van der Waals surface area contributed by atoms with E-state index in [1.54, 1.807) is 0 Å². The summed E-state index contributed by atoms with van der Waals surface area (Å²) in [6.07, 6.45) is 2.47. The molecule has 1 aliphatic carbocycles. The fourth-order valence-corrected chi connectivity index (χ4v) is 4.23. The summed E-state index contributed by atoms with van der Waals surface area (Å²) in [6.45, 7) is 7.55. The van der Waals surface area contributed by atoms with Crippen LogP contribution in [-0.2, 0) is 4.74 Å². The number of fused-ring (bicyclic) bond motifs is 2. The first-order valence-corrected chi connectivity index (χ1v) is 7.56. The minimum Gasteiger partial charge on any atom is -0.396 e. The van der Waals surface area contributed by atoms with Crippen LogP contribution in [0, 0.1) is 23.2 Å². The molecule has 1 aromatic rings. The van der Waals surface area contributed by atoms with Gasteiger partial charge < -0.3 is 9.84 Å². The summed E-state index contributed by atoms with van der Waals surface area (Å²) < 4.78 is 6.24. The Hall–Kier alpha value is -1.12. The molecule has 0 aromatic heterocycles. The molecule has 2 bridgehead atoms. The third-order valence-electron chi connectivity index (χ3n) is 5.67. The van der Waals surface area contributed by atoms with E-state index in [9.17, 15) is 5.11 Å². The van der Waals surface area contributed by atoms with E-state index in [1.165, 1.54) is 11.1 Å². The Kier molecular flexibility index (Phi) is 3.47. The van der Waals surface area contributed by atoms with Crippen LogP contribution in [0.5, 0.6) is 0 Å². The van der Waals surface area contributed by atoms with Gasteiger partial charge in [0.25, 0.3) is 0 Å². The fraction of sp³-hybridized carbons (Fsp3) is 0.556. The molecule has 3 rings (SSSR count). The van der Waals surface area contributed by atoms with Gasteiger partial charge in [-0.15, -0.1) is 0 Å². The zero-order valence-corrected chi connectivity index (χ0v) is 12.5. The lowest BCUT2D eigenvalue weighted by Crippen LogP contribution is -2.53. The van der Waals surface area contributed by atoms with Gasteiger partial charge in [-0.2, -0.15) is 0 Å². The van der Waals surface area contributed by atoms with Crippen molar-refractivity contribution in [1.29, 1.82) is 0 Å². The third-order valence-corrected chi connectivity index (χ3v) is 5.67. The zero-order chi connectivity index (χ0) is 14.3. The van der Waals surface area contributed by atoms with Gasteiger partial charge in [0.05, 0.1) is 19.3 Å². The summed E-state index contributed by atoms with van der Waals surface area (Å²) in [5.41, 5.74) is 2.54. The SMILES string of the molecule is CC1=C[C@H](C)[C@@]2(CO)CO[C@@H](c3ccccc3)[C@H]1[C@H]2C. The van der Waals surface area contributed by atoms with Gasteiger partial charge in [0, 0.05) is 11.3 Å². The molecule has 108 valence electrons. The van der Waals surface area contributed by atoms with Crippen LogP contribution in [0.2, 0.25) is 0 Å². The summed E-state index contributed by atoms with van der Waals surface area (Å²) in [5.74, 6) is 1.18. The maximum Gasteiger partial charge on any atom is 0.0893 e. The molecule has 0 amide bonds. The molecule has 1 N–H and O–H groups in total. The summed E-state index contributed by atoms with van der Waals surface area (Å²) in [4.78, 5) is 0. The van der Waals surface area contributed by atoms with Crippen molar-refractivity contribution >= 4 is 0 Å². The molecule has 1 fully saturated rings. The van der Waals surface area contributed by atoms with E-state index in [0.29, 0.717) is 24.4 Å². The van der Waals surface area contributed by atoms with Crippen LogP contribution >= 0.6 is 0 Å². The smallest absolute Gasteiger partial charge is 0.0893 e. The zero-order valence-electron chi connectivity index (χ0n) is 12.5. The van der Waals surface area contributed by atoms with Crippen LogP contribution in [0.1, 0.15) is 32.4 Å². The van der Waals surface area contributed by atoms with Crippen molar-refractivity contribution in [1.82, 2.24) is 0 Å².